The van der Waals surface area contributed by atoms with E-state index in [1.54, 1.807) is 30.3 Å². The van der Waals surface area contributed by atoms with Gasteiger partial charge in [-0.1, -0.05) is 42.5 Å². The van der Waals surface area contributed by atoms with Gasteiger partial charge in [0.15, 0.2) is 0 Å². The number of halogens is 1. The van der Waals surface area contributed by atoms with Crippen LogP contribution in [0, 0.1) is 5.82 Å². The fourth-order valence-electron chi connectivity index (χ4n) is 2.59. The number of amides is 1. The number of primary amides is 1. The maximum absolute atomic E-state index is 13.7. The molecule has 3 aromatic carbocycles. The summed E-state index contributed by atoms with van der Waals surface area (Å²) < 4.78 is 19.6. The highest BCUT2D eigenvalue weighted by Gasteiger charge is 2.09. The Hall–Kier alpha value is -3.14. The molecule has 0 unspecified atom stereocenters. The molecule has 3 nitrogen and oxygen atoms in total. The van der Waals surface area contributed by atoms with Gasteiger partial charge in [-0.25, -0.2) is 4.39 Å². The third-order valence-corrected chi connectivity index (χ3v) is 3.91. The zero-order chi connectivity index (χ0) is 17.6. The first kappa shape index (κ1) is 16.7. The molecule has 0 bridgehead atoms. The van der Waals surface area contributed by atoms with Crippen molar-refractivity contribution in [1.82, 2.24) is 0 Å². The van der Waals surface area contributed by atoms with Gasteiger partial charge in [-0.3, -0.25) is 4.79 Å². The van der Waals surface area contributed by atoms with Gasteiger partial charge in [0.05, 0.1) is 6.61 Å². The summed E-state index contributed by atoms with van der Waals surface area (Å²) in [6, 6.07) is 21.2. The smallest absolute Gasteiger partial charge is 0.248 e. The van der Waals surface area contributed by atoms with Crippen LogP contribution in [0.1, 0.15) is 15.9 Å². The van der Waals surface area contributed by atoms with Crippen molar-refractivity contribution < 1.29 is 13.9 Å². The van der Waals surface area contributed by atoms with E-state index in [9.17, 15) is 9.18 Å². The molecule has 0 saturated carbocycles. The molecular formula is C21H18FNO2. The SMILES string of the molecule is NC(=O)c1ccc(-c2cc(F)ccc2OCCc2ccccc2)cc1. The molecule has 0 aliphatic carbocycles. The van der Waals surface area contributed by atoms with Crippen LogP contribution < -0.4 is 10.5 Å². The minimum atomic E-state index is -0.495. The fourth-order valence-corrected chi connectivity index (χ4v) is 2.59. The van der Waals surface area contributed by atoms with E-state index in [4.69, 9.17) is 10.5 Å². The molecule has 25 heavy (non-hydrogen) atoms. The van der Waals surface area contributed by atoms with Crippen LogP contribution in [-0.2, 0) is 6.42 Å². The number of benzene rings is 3. The summed E-state index contributed by atoms with van der Waals surface area (Å²) >= 11 is 0. The summed E-state index contributed by atoms with van der Waals surface area (Å²) in [7, 11) is 0. The maximum Gasteiger partial charge on any atom is 0.248 e. The topological polar surface area (TPSA) is 52.3 Å². The molecule has 0 fully saturated rings. The lowest BCUT2D eigenvalue weighted by Crippen LogP contribution is -2.10. The summed E-state index contributed by atoms with van der Waals surface area (Å²) in [6.45, 7) is 0.488. The van der Waals surface area contributed by atoms with Gasteiger partial charge in [0.1, 0.15) is 11.6 Å². The molecule has 0 aromatic heterocycles. The molecule has 0 aliphatic heterocycles. The van der Waals surface area contributed by atoms with Crippen LogP contribution in [0.25, 0.3) is 11.1 Å². The highest BCUT2D eigenvalue weighted by molar-refractivity contribution is 5.93. The van der Waals surface area contributed by atoms with Crippen LogP contribution in [0.5, 0.6) is 5.75 Å². The average Bonchev–Trinajstić information content (AvgIpc) is 2.64. The van der Waals surface area contributed by atoms with Crippen molar-refractivity contribution in [2.45, 2.75) is 6.42 Å². The molecule has 3 aromatic rings. The van der Waals surface area contributed by atoms with Crippen LogP contribution in [0.3, 0.4) is 0 Å². The van der Waals surface area contributed by atoms with E-state index in [-0.39, 0.29) is 5.82 Å². The quantitative estimate of drug-likeness (QED) is 0.733. The number of nitrogens with two attached hydrogens (primary N) is 1. The second-order valence-electron chi connectivity index (χ2n) is 5.67. The normalized spacial score (nSPS) is 10.4. The lowest BCUT2D eigenvalue weighted by atomic mass is 10.0. The average molecular weight is 335 g/mol. The third-order valence-electron chi connectivity index (χ3n) is 3.91. The molecule has 126 valence electrons. The number of hydrogen-bond acceptors (Lipinski definition) is 2. The summed E-state index contributed by atoms with van der Waals surface area (Å²) in [5, 5.41) is 0. The van der Waals surface area contributed by atoms with Crippen LogP contribution in [0.2, 0.25) is 0 Å². The Morgan fingerprint density at radius 1 is 0.960 bits per heavy atom. The van der Waals surface area contributed by atoms with E-state index >= 15 is 0 Å². The minimum absolute atomic E-state index is 0.343. The number of rotatable bonds is 6. The fraction of sp³-hybridized carbons (Fsp3) is 0.0952. The van der Waals surface area contributed by atoms with Crippen molar-refractivity contribution in [3.63, 3.8) is 0 Å². The highest BCUT2D eigenvalue weighted by atomic mass is 19.1. The van der Waals surface area contributed by atoms with Crippen LogP contribution in [-0.4, -0.2) is 12.5 Å². The Morgan fingerprint density at radius 3 is 2.36 bits per heavy atom. The van der Waals surface area contributed by atoms with Crippen molar-refractivity contribution >= 4 is 5.91 Å². The number of ether oxygens (including phenoxy) is 1. The van der Waals surface area contributed by atoms with Gasteiger partial charge in [-0.2, -0.15) is 0 Å². The van der Waals surface area contributed by atoms with Gasteiger partial charge >= 0.3 is 0 Å². The lowest BCUT2D eigenvalue weighted by Gasteiger charge is -2.12. The first-order chi connectivity index (χ1) is 12.1. The molecule has 2 N–H and O–H groups in total. The molecule has 3 rings (SSSR count). The number of carbonyl (C=O) groups excluding carboxylic acids is 1. The van der Waals surface area contributed by atoms with E-state index in [0.717, 1.165) is 12.0 Å². The first-order valence-electron chi connectivity index (χ1n) is 8.00. The van der Waals surface area contributed by atoms with E-state index in [1.807, 2.05) is 30.3 Å². The molecule has 0 aliphatic rings. The minimum Gasteiger partial charge on any atom is -0.493 e. The molecule has 0 heterocycles. The highest BCUT2D eigenvalue weighted by Crippen LogP contribution is 2.31. The van der Waals surface area contributed by atoms with Gasteiger partial charge in [0.25, 0.3) is 0 Å². The molecule has 0 atom stereocenters. The van der Waals surface area contributed by atoms with Crippen LogP contribution >= 0.6 is 0 Å². The second-order valence-corrected chi connectivity index (χ2v) is 5.67. The monoisotopic (exact) mass is 335 g/mol. The maximum atomic E-state index is 13.7. The molecule has 4 heteroatoms. The third kappa shape index (κ3) is 4.23. The van der Waals surface area contributed by atoms with E-state index in [0.29, 0.717) is 23.5 Å². The summed E-state index contributed by atoms with van der Waals surface area (Å²) in [4.78, 5) is 11.2. The predicted octanol–water partition coefficient (Wildman–Crippen LogP) is 4.21. The van der Waals surface area contributed by atoms with Crippen LogP contribution in [0.4, 0.5) is 4.39 Å². The zero-order valence-corrected chi connectivity index (χ0v) is 13.6. The van der Waals surface area contributed by atoms with Crippen molar-refractivity contribution in [2.75, 3.05) is 6.61 Å². The summed E-state index contributed by atoms with van der Waals surface area (Å²) in [5.41, 5.74) is 8.25. The summed E-state index contributed by atoms with van der Waals surface area (Å²) in [6.07, 6.45) is 0.762. The zero-order valence-electron chi connectivity index (χ0n) is 13.6. The van der Waals surface area contributed by atoms with Gasteiger partial charge in [-0.15, -0.1) is 0 Å². The number of hydrogen-bond donors (Lipinski definition) is 1. The Kier molecular flexibility index (Phi) is 5.09. The Labute approximate surface area is 145 Å². The van der Waals surface area contributed by atoms with Gasteiger partial charge in [-0.05, 0) is 41.5 Å². The molecular weight excluding hydrogens is 317 g/mol. The van der Waals surface area contributed by atoms with Gasteiger partial charge in [0.2, 0.25) is 5.91 Å². The van der Waals surface area contributed by atoms with Crippen molar-refractivity contribution in [2.24, 2.45) is 5.73 Å². The molecule has 0 radical (unpaired) electrons. The second kappa shape index (κ2) is 7.62. The largest absolute Gasteiger partial charge is 0.493 e. The van der Waals surface area contributed by atoms with Gasteiger partial charge < -0.3 is 10.5 Å². The molecule has 1 amide bonds. The van der Waals surface area contributed by atoms with Gasteiger partial charge in [0, 0.05) is 17.5 Å². The molecule has 0 saturated heterocycles. The van der Waals surface area contributed by atoms with Crippen molar-refractivity contribution in [1.29, 1.82) is 0 Å². The first-order valence-corrected chi connectivity index (χ1v) is 8.00. The van der Waals surface area contributed by atoms with E-state index in [2.05, 4.69) is 0 Å². The Balaban J connectivity index is 1.79. The summed E-state index contributed by atoms with van der Waals surface area (Å²) in [5.74, 6) is -0.237. The number of carbonyl (C=O) groups is 1. The van der Waals surface area contributed by atoms with E-state index < -0.39 is 5.91 Å². The van der Waals surface area contributed by atoms with Crippen molar-refractivity contribution in [3.8, 4) is 16.9 Å². The standard InChI is InChI=1S/C21H18FNO2/c22-18-10-11-20(25-13-12-15-4-2-1-3-5-15)19(14-18)16-6-8-17(9-7-16)21(23)24/h1-11,14H,12-13H2,(H2,23,24). The lowest BCUT2D eigenvalue weighted by molar-refractivity contribution is 0.100. The van der Waals surface area contributed by atoms with Crippen molar-refractivity contribution in [3.05, 3.63) is 89.7 Å². The van der Waals surface area contributed by atoms with Crippen LogP contribution in [0.15, 0.2) is 72.8 Å². The Morgan fingerprint density at radius 2 is 1.68 bits per heavy atom. The van der Waals surface area contributed by atoms with E-state index in [1.165, 1.54) is 17.7 Å². The predicted molar refractivity (Wildman–Crippen MR) is 96.0 cm³/mol. The molecule has 0 spiro atoms. The Bertz CT molecular complexity index is 861.